The average molecular weight is 494 g/mol. The van der Waals surface area contributed by atoms with E-state index >= 15 is 0 Å². The Bertz CT molecular complexity index is 1110. The predicted octanol–water partition coefficient (Wildman–Crippen LogP) is 5.05. The highest BCUT2D eigenvalue weighted by Crippen LogP contribution is 2.33. The van der Waals surface area contributed by atoms with Crippen molar-refractivity contribution in [3.05, 3.63) is 68.8 Å². The molecule has 0 bridgehead atoms. The van der Waals surface area contributed by atoms with Gasteiger partial charge in [-0.15, -0.1) is 0 Å². The van der Waals surface area contributed by atoms with E-state index in [1.165, 1.54) is 6.42 Å². The maximum atomic E-state index is 12.8. The molecule has 2 heterocycles. The number of piperidine rings is 1. The number of nitrogens with one attached hydrogen (secondary N) is 1. The number of aromatic nitrogens is 2. The molecule has 168 valence electrons. The fraction of sp³-hybridized carbons (Fsp3) is 0.304. The van der Waals surface area contributed by atoms with Crippen molar-refractivity contribution in [1.29, 1.82) is 0 Å². The second-order valence-corrected chi connectivity index (χ2v) is 8.99. The minimum Gasteiger partial charge on any atom is -0.392 e. The van der Waals surface area contributed by atoms with Gasteiger partial charge in [0.2, 0.25) is 5.91 Å². The maximum Gasteiger partial charge on any atom is 0.240 e. The molecule has 3 aromatic rings. The zero-order valence-corrected chi connectivity index (χ0v) is 19.6. The van der Waals surface area contributed by atoms with Crippen molar-refractivity contribution >= 4 is 40.7 Å². The van der Waals surface area contributed by atoms with Crippen LogP contribution < -0.4 is 5.43 Å². The molecule has 2 N–H and O–H groups in total. The summed E-state index contributed by atoms with van der Waals surface area (Å²) in [5.41, 5.74) is 6.04. The first kappa shape index (κ1) is 23.1. The van der Waals surface area contributed by atoms with E-state index in [1.807, 2.05) is 17.1 Å². The van der Waals surface area contributed by atoms with Gasteiger partial charge in [-0.1, -0.05) is 53.4 Å². The lowest BCUT2D eigenvalue weighted by molar-refractivity contribution is -0.125. The van der Waals surface area contributed by atoms with Gasteiger partial charge >= 0.3 is 0 Å². The van der Waals surface area contributed by atoms with E-state index in [2.05, 4.69) is 5.43 Å². The number of rotatable bonds is 6. The number of hydrogen-bond donors (Lipinski definition) is 2. The first-order valence-corrected chi connectivity index (χ1v) is 11.6. The molecule has 0 aliphatic carbocycles. The third kappa shape index (κ3) is 5.11. The quantitative estimate of drug-likeness (QED) is 0.504. The van der Waals surface area contributed by atoms with Crippen LogP contribution in [-0.4, -0.2) is 38.9 Å². The van der Waals surface area contributed by atoms with Gasteiger partial charge in [-0.2, -0.15) is 5.10 Å². The second-order valence-electron chi connectivity index (χ2n) is 7.71. The van der Waals surface area contributed by atoms with Crippen molar-refractivity contribution < 1.29 is 9.90 Å². The lowest BCUT2D eigenvalue weighted by Crippen LogP contribution is -2.45. The molecule has 1 fully saturated rings. The van der Waals surface area contributed by atoms with Crippen molar-refractivity contribution in [2.24, 2.45) is 0 Å². The van der Waals surface area contributed by atoms with Crippen LogP contribution in [0, 0.1) is 0 Å². The first-order valence-electron chi connectivity index (χ1n) is 10.4. The van der Waals surface area contributed by atoms with Crippen LogP contribution in [0.4, 0.5) is 0 Å². The van der Waals surface area contributed by atoms with Gasteiger partial charge < -0.3 is 5.11 Å². The molecule has 0 spiro atoms. The summed E-state index contributed by atoms with van der Waals surface area (Å²) in [5, 5.41) is 18.4. The van der Waals surface area contributed by atoms with Crippen molar-refractivity contribution in [3.8, 4) is 16.9 Å². The van der Waals surface area contributed by atoms with Gasteiger partial charge in [0.15, 0.2) is 0 Å². The lowest BCUT2D eigenvalue weighted by atomic mass is 10.0. The van der Waals surface area contributed by atoms with E-state index in [4.69, 9.17) is 39.9 Å². The molecule has 0 radical (unpaired) electrons. The summed E-state index contributed by atoms with van der Waals surface area (Å²) in [5.74, 6) is -0.170. The van der Waals surface area contributed by atoms with E-state index < -0.39 is 0 Å². The van der Waals surface area contributed by atoms with Crippen molar-refractivity contribution in [3.63, 3.8) is 0 Å². The molecule has 0 unspecified atom stereocenters. The highest BCUT2D eigenvalue weighted by molar-refractivity contribution is 6.35. The highest BCUT2D eigenvalue weighted by Gasteiger charge is 2.23. The molecular weight excluding hydrogens is 471 g/mol. The summed E-state index contributed by atoms with van der Waals surface area (Å²) < 4.78 is 1.65. The molecule has 0 atom stereocenters. The van der Waals surface area contributed by atoms with E-state index in [-0.39, 0.29) is 18.9 Å². The summed E-state index contributed by atoms with van der Waals surface area (Å²) in [7, 11) is 0. The van der Waals surface area contributed by atoms with Gasteiger partial charge in [0, 0.05) is 34.3 Å². The fourth-order valence-corrected chi connectivity index (χ4v) is 4.52. The van der Waals surface area contributed by atoms with Crippen molar-refractivity contribution in [2.75, 3.05) is 13.1 Å². The Labute approximate surface area is 201 Å². The Morgan fingerprint density at radius 3 is 2.34 bits per heavy atom. The summed E-state index contributed by atoms with van der Waals surface area (Å²) in [6, 6.07) is 12.3. The number of hydrogen-bond acceptors (Lipinski definition) is 4. The highest BCUT2D eigenvalue weighted by atomic mass is 35.5. The Balaban J connectivity index is 1.75. The minimum atomic E-state index is -0.282. The van der Waals surface area contributed by atoms with Crippen LogP contribution in [-0.2, 0) is 17.8 Å². The molecule has 9 heteroatoms. The minimum absolute atomic E-state index is 0.0329. The lowest BCUT2D eigenvalue weighted by Gasteiger charge is -2.26. The Morgan fingerprint density at radius 2 is 1.69 bits per heavy atom. The molecule has 1 aliphatic heterocycles. The van der Waals surface area contributed by atoms with Crippen LogP contribution in [0.25, 0.3) is 16.9 Å². The summed E-state index contributed by atoms with van der Waals surface area (Å²) >= 11 is 18.6. The predicted molar refractivity (Wildman–Crippen MR) is 127 cm³/mol. The number of carbonyl (C=O) groups excluding carboxylic acids is 1. The number of hydrazine groups is 1. The zero-order chi connectivity index (χ0) is 22.7. The third-order valence-electron chi connectivity index (χ3n) is 5.45. The van der Waals surface area contributed by atoms with Crippen LogP contribution in [0.1, 0.15) is 30.5 Å². The normalized spacial score (nSPS) is 14.5. The summed E-state index contributed by atoms with van der Waals surface area (Å²) in [4.78, 5) is 12.8. The Morgan fingerprint density at radius 1 is 1.00 bits per heavy atom. The molecule has 0 saturated carbocycles. The zero-order valence-electron chi connectivity index (χ0n) is 17.3. The first-order chi connectivity index (χ1) is 15.5. The van der Waals surface area contributed by atoms with Gasteiger partial charge in [0.25, 0.3) is 0 Å². The molecular formula is C23H23Cl3N4O2. The number of aliphatic hydroxyl groups excluding tert-OH is 1. The maximum absolute atomic E-state index is 12.8. The average Bonchev–Trinajstić information content (AvgIpc) is 3.12. The molecule has 1 aliphatic rings. The number of aliphatic hydroxyl groups is 1. The molecule has 32 heavy (non-hydrogen) atoms. The van der Waals surface area contributed by atoms with Gasteiger partial charge in [0.05, 0.1) is 35.1 Å². The molecule has 2 aromatic carbocycles. The number of benzene rings is 2. The number of carbonyl (C=O) groups is 1. The monoisotopic (exact) mass is 492 g/mol. The number of amides is 1. The molecule has 6 nitrogen and oxygen atoms in total. The van der Waals surface area contributed by atoms with Crippen molar-refractivity contribution in [1.82, 2.24) is 20.2 Å². The second kappa shape index (κ2) is 10.2. The Kier molecular flexibility index (Phi) is 7.38. The molecule has 1 amide bonds. The molecule has 1 saturated heterocycles. The number of halogens is 3. The van der Waals surface area contributed by atoms with E-state index in [0.717, 1.165) is 31.5 Å². The van der Waals surface area contributed by atoms with Gasteiger partial charge in [-0.05, 0) is 43.2 Å². The topological polar surface area (TPSA) is 70.4 Å². The van der Waals surface area contributed by atoms with Crippen LogP contribution in [0.3, 0.4) is 0 Å². The van der Waals surface area contributed by atoms with Gasteiger partial charge in [-0.3, -0.25) is 10.2 Å². The SMILES string of the molecule is O=C(Cc1nn(-c2ccc(Cl)cc2Cl)c(-c2ccc(Cl)cc2)c1CO)NN1CCCCC1. The smallest absolute Gasteiger partial charge is 0.240 e. The van der Waals surface area contributed by atoms with Crippen LogP contribution in [0.15, 0.2) is 42.5 Å². The third-order valence-corrected chi connectivity index (χ3v) is 6.24. The molecule has 4 rings (SSSR count). The van der Waals surface area contributed by atoms with Gasteiger partial charge in [0.1, 0.15) is 0 Å². The van der Waals surface area contributed by atoms with Crippen LogP contribution >= 0.6 is 34.8 Å². The number of nitrogens with zero attached hydrogens (tertiary/aromatic N) is 3. The van der Waals surface area contributed by atoms with E-state index in [9.17, 15) is 9.90 Å². The molecule has 1 aromatic heterocycles. The van der Waals surface area contributed by atoms with Crippen LogP contribution in [0.2, 0.25) is 15.1 Å². The van der Waals surface area contributed by atoms with Crippen LogP contribution in [0.5, 0.6) is 0 Å². The van der Waals surface area contributed by atoms with Crippen molar-refractivity contribution in [2.45, 2.75) is 32.3 Å². The van der Waals surface area contributed by atoms with Gasteiger partial charge in [-0.25, -0.2) is 9.69 Å². The standard InChI is InChI=1S/C23H23Cl3N4O2/c24-16-6-4-15(5-7-16)23-18(14-31)20(13-22(32)28-29-10-2-1-3-11-29)27-30(23)21-9-8-17(25)12-19(21)26/h4-9,12,31H,1-3,10-11,13-14H2,(H,28,32). The Hall–Kier alpha value is -2.09. The summed E-state index contributed by atoms with van der Waals surface area (Å²) in [6.45, 7) is 1.39. The van der Waals surface area contributed by atoms with E-state index in [0.29, 0.717) is 37.7 Å². The van der Waals surface area contributed by atoms with E-state index in [1.54, 1.807) is 35.0 Å². The largest absolute Gasteiger partial charge is 0.392 e. The summed E-state index contributed by atoms with van der Waals surface area (Å²) in [6.07, 6.45) is 3.34. The fourth-order valence-electron chi connectivity index (χ4n) is 3.91.